The SMILES string of the molecule is CC(=O)Nc1c(C(=O)O)noc1-c1cc(C(C)C)c(O)cc1O. The van der Waals surface area contributed by atoms with Crippen molar-refractivity contribution < 1.29 is 29.4 Å². The Hall–Kier alpha value is -3.03. The number of hydrogen-bond acceptors (Lipinski definition) is 6. The predicted molar refractivity (Wildman–Crippen MR) is 80.6 cm³/mol. The molecule has 1 heterocycles. The monoisotopic (exact) mass is 320 g/mol. The second kappa shape index (κ2) is 5.99. The first-order valence-corrected chi connectivity index (χ1v) is 6.79. The minimum Gasteiger partial charge on any atom is -0.508 e. The quantitative estimate of drug-likeness (QED) is 0.680. The van der Waals surface area contributed by atoms with E-state index in [1.54, 1.807) is 0 Å². The number of carbonyl (C=O) groups excluding carboxylic acids is 1. The maximum atomic E-state index is 11.3. The number of carbonyl (C=O) groups is 2. The minimum absolute atomic E-state index is 0.0552. The van der Waals surface area contributed by atoms with Crippen molar-refractivity contribution in [2.45, 2.75) is 26.7 Å². The number of nitrogens with zero attached hydrogens (tertiary/aromatic N) is 1. The summed E-state index contributed by atoms with van der Waals surface area (Å²) in [7, 11) is 0. The number of amides is 1. The summed E-state index contributed by atoms with van der Waals surface area (Å²) in [6.07, 6.45) is 0. The molecule has 2 aromatic rings. The molecule has 23 heavy (non-hydrogen) atoms. The summed E-state index contributed by atoms with van der Waals surface area (Å²) in [5, 5.41) is 34.8. The van der Waals surface area contributed by atoms with E-state index in [1.165, 1.54) is 13.0 Å². The normalized spacial score (nSPS) is 10.8. The van der Waals surface area contributed by atoms with E-state index in [0.29, 0.717) is 5.56 Å². The van der Waals surface area contributed by atoms with E-state index in [1.807, 2.05) is 13.8 Å². The molecule has 0 spiro atoms. The number of nitrogens with one attached hydrogen (secondary N) is 1. The maximum absolute atomic E-state index is 11.3. The van der Waals surface area contributed by atoms with Crippen molar-refractivity contribution in [3.8, 4) is 22.8 Å². The fourth-order valence-electron chi connectivity index (χ4n) is 2.15. The number of benzene rings is 1. The van der Waals surface area contributed by atoms with Gasteiger partial charge in [0.2, 0.25) is 11.6 Å². The number of phenols is 2. The summed E-state index contributed by atoms with van der Waals surface area (Å²) in [5.74, 6) is -2.48. The Bertz CT molecular complexity index is 779. The highest BCUT2D eigenvalue weighted by Crippen LogP contribution is 2.41. The van der Waals surface area contributed by atoms with E-state index in [4.69, 9.17) is 9.63 Å². The number of anilines is 1. The van der Waals surface area contributed by atoms with Crippen molar-refractivity contribution in [1.82, 2.24) is 5.16 Å². The summed E-state index contributed by atoms with van der Waals surface area (Å²) in [5.41, 5.74) is 0.0181. The summed E-state index contributed by atoms with van der Waals surface area (Å²) >= 11 is 0. The van der Waals surface area contributed by atoms with Gasteiger partial charge in [0.05, 0.1) is 5.56 Å². The molecule has 8 nitrogen and oxygen atoms in total. The van der Waals surface area contributed by atoms with E-state index in [-0.39, 0.29) is 34.4 Å². The molecule has 0 aliphatic carbocycles. The Morgan fingerprint density at radius 1 is 1.22 bits per heavy atom. The average Bonchev–Trinajstić information content (AvgIpc) is 2.81. The number of aromatic carboxylic acids is 1. The van der Waals surface area contributed by atoms with Crippen LogP contribution in [0.5, 0.6) is 11.5 Å². The van der Waals surface area contributed by atoms with Crippen LogP contribution in [-0.2, 0) is 4.79 Å². The van der Waals surface area contributed by atoms with Crippen LogP contribution in [0.3, 0.4) is 0 Å². The standard InChI is InChI=1S/C15H16N2O6/c1-6(2)8-4-9(11(20)5-10(8)19)14-12(16-7(3)18)13(15(21)22)17-23-14/h4-6,19-20H,1-3H3,(H,16,18)(H,21,22). The molecule has 1 aromatic heterocycles. The topological polar surface area (TPSA) is 133 Å². The number of hydrogen-bond donors (Lipinski definition) is 4. The molecule has 1 amide bonds. The van der Waals surface area contributed by atoms with Crippen molar-refractivity contribution >= 4 is 17.6 Å². The van der Waals surface area contributed by atoms with Crippen molar-refractivity contribution in [2.24, 2.45) is 0 Å². The number of aromatic nitrogens is 1. The third-order valence-electron chi connectivity index (χ3n) is 3.21. The number of phenolic OH excluding ortho intramolecular Hbond substituents is 2. The van der Waals surface area contributed by atoms with Crippen LogP contribution in [0, 0.1) is 0 Å². The molecular weight excluding hydrogens is 304 g/mol. The summed E-state index contributed by atoms with van der Waals surface area (Å²) in [6.45, 7) is 4.89. The number of rotatable bonds is 4. The Kier molecular flexibility index (Phi) is 4.26. The average molecular weight is 320 g/mol. The van der Waals surface area contributed by atoms with Gasteiger partial charge in [0.25, 0.3) is 0 Å². The van der Waals surface area contributed by atoms with Gasteiger partial charge in [0, 0.05) is 13.0 Å². The van der Waals surface area contributed by atoms with E-state index in [0.717, 1.165) is 6.07 Å². The van der Waals surface area contributed by atoms with Crippen LogP contribution < -0.4 is 5.32 Å². The van der Waals surface area contributed by atoms with Gasteiger partial charge in [-0.15, -0.1) is 0 Å². The molecule has 0 aliphatic heterocycles. The molecule has 2 rings (SSSR count). The first-order chi connectivity index (χ1) is 10.7. The minimum atomic E-state index is -1.38. The van der Waals surface area contributed by atoms with E-state index in [2.05, 4.69) is 10.5 Å². The molecule has 0 unspecified atom stereocenters. The highest BCUT2D eigenvalue weighted by Gasteiger charge is 2.26. The van der Waals surface area contributed by atoms with Gasteiger partial charge in [-0.25, -0.2) is 4.79 Å². The third kappa shape index (κ3) is 3.10. The van der Waals surface area contributed by atoms with Gasteiger partial charge in [-0.2, -0.15) is 0 Å². The maximum Gasteiger partial charge on any atom is 0.360 e. The molecule has 1 aromatic carbocycles. The molecule has 0 aliphatic rings. The zero-order valence-corrected chi connectivity index (χ0v) is 12.7. The summed E-state index contributed by atoms with van der Waals surface area (Å²) in [6, 6.07) is 2.60. The lowest BCUT2D eigenvalue weighted by atomic mass is 9.97. The van der Waals surface area contributed by atoms with Crippen LogP contribution in [0.2, 0.25) is 0 Å². The lowest BCUT2D eigenvalue weighted by Crippen LogP contribution is -2.10. The smallest absolute Gasteiger partial charge is 0.360 e. The number of carboxylic acid groups (broad SMARTS) is 1. The van der Waals surface area contributed by atoms with Gasteiger partial charge in [0.1, 0.15) is 17.2 Å². The van der Waals surface area contributed by atoms with Crippen molar-refractivity contribution in [1.29, 1.82) is 0 Å². The van der Waals surface area contributed by atoms with Crippen LogP contribution in [0.25, 0.3) is 11.3 Å². The van der Waals surface area contributed by atoms with Crippen LogP contribution in [0.1, 0.15) is 42.7 Å². The van der Waals surface area contributed by atoms with Gasteiger partial charge in [-0.1, -0.05) is 19.0 Å². The molecule has 122 valence electrons. The first-order valence-electron chi connectivity index (χ1n) is 6.79. The molecule has 0 fully saturated rings. The molecule has 0 saturated heterocycles. The van der Waals surface area contributed by atoms with Crippen molar-refractivity contribution in [3.05, 3.63) is 23.4 Å². The second-order valence-corrected chi connectivity index (χ2v) is 5.30. The highest BCUT2D eigenvalue weighted by atomic mass is 16.5. The highest BCUT2D eigenvalue weighted by molar-refractivity contribution is 6.02. The van der Waals surface area contributed by atoms with Crippen LogP contribution >= 0.6 is 0 Å². The van der Waals surface area contributed by atoms with Gasteiger partial charge < -0.3 is 25.2 Å². The van der Waals surface area contributed by atoms with Crippen LogP contribution in [0.15, 0.2) is 16.7 Å². The van der Waals surface area contributed by atoms with Crippen molar-refractivity contribution in [2.75, 3.05) is 5.32 Å². The van der Waals surface area contributed by atoms with E-state index in [9.17, 15) is 19.8 Å². The van der Waals surface area contributed by atoms with Gasteiger partial charge in [-0.05, 0) is 17.5 Å². The van der Waals surface area contributed by atoms with Gasteiger partial charge in [-0.3, -0.25) is 4.79 Å². The fourth-order valence-corrected chi connectivity index (χ4v) is 2.15. The zero-order valence-electron chi connectivity index (χ0n) is 12.7. The lowest BCUT2D eigenvalue weighted by molar-refractivity contribution is -0.114. The number of aromatic hydroxyl groups is 2. The molecule has 0 bridgehead atoms. The molecule has 4 N–H and O–H groups in total. The van der Waals surface area contributed by atoms with Crippen LogP contribution in [0.4, 0.5) is 5.69 Å². The molecule has 0 atom stereocenters. The van der Waals surface area contributed by atoms with E-state index >= 15 is 0 Å². The van der Waals surface area contributed by atoms with Gasteiger partial charge in [0.15, 0.2) is 5.76 Å². The lowest BCUT2D eigenvalue weighted by Gasteiger charge is -2.12. The zero-order chi connectivity index (χ0) is 17.3. The first kappa shape index (κ1) is 16.3. The second-order valence-electron chi connectivity index (χ2n) is 5.30. The summed E-state index contributed by atoms with van der Waals surface area (Å²) in [4.78, 5) is 22.5. The Balaban J connectivity index is 2.69. The number of carboxylic acids is 1. The largest absolute Gasteiger partial charge is 0.508 e. The third-order valence-corrected chi connectivity index (χ3v) is 3.21. The Morgan fingerprint density at radius 3 is 2.39 bits per heavy atom. The Labute approximate surface area is 131 Å². The molecule has 0 saturated carbocycles. The van der Waals surface area contributed by atoms with Gasteiger partial charge >= 0.3 is 5.97 Å². The summed E-state index contributed by atoms with van der Waals surface area (Å²) < 4.78 is 5.01. The fraction of sp³-hybridized carbons (Fsp3) is 0.267. The van der Waals surface area contributed by atoms with E-state index < -0.39 is 17.6 Å². The molecular formula is C15H16N2O6. The predicted octanol–water partition coefficient (Wildman–Crippen LogP) is 2.53. The van der Waals surface area contributed by atoms with Crippen LogP contribution in [-0.4, -0.2) is 32.4 Å². The van der Waals surface area contributed by atoms with Crippen molar-refractivity contribution in [3.63, 3.8) is 0 Å². The Morgan fingerprint density at radius 2 is 1.87 bits per heavy atom. The molecule has 8 heteroatoms. The molecule has 0 radical (unpaired) electrons.